The van der Waals surface area contributed by atoms with Gasteiger partial charge in [0.15, 0.2) is 11.6 Å². The standard InChI is InChI=1S/C31H31F2N9OS/c1-40-6-2-5-31(40)13-41(14-31)30-38-26-23(29(39-30)42-15-3-4-16(42)9-36-8-15)19-12-43-11-18(19)21(24(26)33)25-22-17(7-34)28(35)44-27(22)20(32)10-37-25/h10,15-16,36H,2-6,8-9,11-14,35H2,1H3. The Hall–Kier alpha value is -3.70. The quantitative estimate of drug-likeness (QED) is 0.351. The number of nitrogen functional groups attached to an aromatic ring is 1. The summed E-state index contributed by atoms with van der Waals surface area (Å²) in [6.07, 6.45) is 5.46. The van der Waals surface area contributed by atoms with Crippen LogP contribution in [0, 0.1) is 23.0 Å². The van der Waals surface area contributed by atoms with Crippen LogP contribution in [0.4, 0.5) is 25.5 Å². The van der Waals surface area contributed by atoms with Crippen molar-refractivity contribution in [2.75, 3.05) is 55.3 Å². The van der Waals surface area contributed by atoms with Crippen LogP contribution >= 0.6 is 11.3 Å². The highest BCUT2D eigenvalue weighted by atomic mass is 32.1. The summed E-state index contributed by atoms with van der Waals surface area (Å²) in [5, 5.41) is 14.6. The summed E-state index contributed by atoms with van der Waals surface area (Å²) in [5.74, 6) is 0.135. The molecule has 44 heavy (non-hydrogen) atoms. The number of fused-ring (bicyclic) bond motifs is 6. The van der Waals surface area contributed by atoms with Gasteiger partial charge < -0.3 is 25.6 Å². The summed E-state index contributed by atoms with van der Waals surface area (Å²) in [5.41, 5.74) is 8.40. The zero-order valence-corrected chi connectivity index (χ0v) is 25.1. The second-order valence-corrected chi connectivity index (χ2v) is 13.9. The Labute approximate surface area is 256 Å². The number of pyridine rings is 1. The van der Waals surface area contributed by atoms with Gasteiger partial charge in [0.25, 0.3) is 0 Å². The second-order valence-electron chi connectivity index (χ2n) is 12.9. The third-order valence-corrected chi connectivity index (χ3v) is 11.7. The summed E-state index contributed by atoms with van der Waals surface area (Å²) >= 11 is 0.974. The van der Waals surface area contributed by atoms with Crippen LogP contribution in [0.15, 0.2) is 6.20 Å². The number of nitrogens with one attached hydrogen (secondary N) is 1. The molecule has 10 nitrogen and oxygen atoms in total. The number of ether oxygens (including phenoxy) is 1. The lowest BCUT2D eigenvalue weighted by atomic mass is 9.87. The molecular formula is C31H31F2N9OS. The first-order valence-corrected chi connectivity index (χ1v) is 16.0. The third kappa shape index (κ3) is 3.51. The van der Waals surface area contributed by atoms with Crippen molar-refractivity contribution in [3.8, 4) is 17.3 Å². The monoisotopic (exact) mass is 615 g/mol. The molecule has 0 amide bonds. The van der Waals surface area contributed by atoms with Gasteiger partial charge in [-0.2, -0.15) is 10.2 Å². The fraction of sp³-hybridized carbons (Fsp3) is 0.484. The molecule has 1 aromatic carbocycles. The number of hydrogen-bond acceptors (Lipinski definition) is 11. The fourth-order valence-electron chi connectivity index (χ4n) is 8.37. The number of nitrogens with zero attached hydrogens (tertiary/aromatic N) is 7. The summed E-state index contributed by atoms with van der Waals surface area (Å²) in [6.45, 7) is 4.80. The van der Waals surface area contributed by atoms with Gasteiger partial charge in [-0.3, -0.25) is 9.88 Å². The molecule has 3 N–H and O–H groups in total. The normalized spacial score (nSPS) is 24.0. The number of nitrogens with two attached hydrogens (primary N) is 1. The SMILES string of the molecule is CN1CCCC12CN(c1nc(N3C4CCC3CNC4)c3c4c(c(-c5ncc(F)c6sc(N)c(C#N)c56)c(F)c3n1)COC4)C2. The van der Waals surface area contributed by atoms with E-state index >= 15 is 4.39 Å². The lowest BCUT2D eigenvalue weighted by Gasteiger charge is -2.52. The molecule has 2 bridgehead atoms. The van der Waals surface area contributed by atoms with E-state index in [0.29, 0.717) is 16.9 Å². The average Bonchev–Trinajstić information content (AvgIpc) is 3.76. The maximum Gasteiger partial charge on any atom is 0.228 e. The predicted molar refractivity (Wildman–Crippen MR) is 165 cm³/mol. The summed E-state index contributed by atoms with van der Waals surface area (Å²) in [6, 6.07) is 2.61. The molecule has 9 rings (SSSR count). The first kappa shape index (κ1) is 26.7. The molecule has 13 heteroatoms. The molecule has 2 atom stereocenters. The molecule has 4 fully saturated rings. The number of likely N-dealkylation sites (tertiary alicyclic amines) is 1. The minimum Gasteiger partial charge on any atom is -0.389 e. The van der Waals surface area contributed by atoms with Crippen molar-refractivity contribution in [3.05, 3.63) is 34.5 Å². The van der Waals surface area contributed by atoms with Gasteiger partial charge in [0.05, 0.1) is 46.3 Å². The van der Waals surface area contributed by atoms with Gasteiger partial charge in [0.2, 0.25) is 5.95 Å². The lowest BCUT2D eigenvalue weighted by Crippen LogP contribution is -2.67. The van der Waals surface area contributed by atoms with Crippen molar-refractivity contribution in [3.63, 3.8) is 0 Å². The number of anilines is 3. The third-order valence-electron chi connectivity index (χ3n) is 10.6. The zero-order valence-electron chi connectivity index (χ0n) is 24.3. The molecule has 2 unspecified atom stereocenters. The van der Waals surface area contributed by atoms with Crippen LogP contribution in [0.3, 0.4) is 0 Å². The van der Waals surface area contributed by atoms with E-state index in [4.69, 9.17) is 20.4 Å². The van der Waals surface area contributed by atoms with Crippen molar-refractivity contribution in [1.82, 2.24) is 25.2 Å². The molecule has 0 saturated carbocycles. The highest BCUT2D eigenvalue weighted by Gasteiger charge is 2.50. The van der Waals surface area contributed by atoms with Crippen LogP contribution in [0.25, 0.3) is 32.2 Å². The fourth-order valence-corrected chi connectivity index (χ4v) is 9.29. The lowest BCUT2D eigenvalue weighted by molar-refractivity contribution is 0.132. The highest BCUT2D eigenvalue weighted by molar-refractivity contribution is 7.23. The zero-order chi connectivity index (χ0) is 29.9. The van der Waals surface area contributed by atoms with Gasteiger partial charge in [0.1, 0.15) is 22.4 Å². The number of nitriles is 1. The summed E-state index contributed by atoms with van der Waals surface area (Å²) < 4.78 is 38.4. The maximum absolute atomic E-state index is 17.3. The van der Waals surface area contributed by atoms with Crippen molar-refractivity contribution >= 4 is 49.1 Å². The van der Waals surface area contributed by atoms with Crippen LogP contribution in [0.2, 0.25) is 0 Å². The molecule has 4 saturated heterocycles. The van der Waals surface area contributed by atoms with E-state index in [-0.39, 0.29) is 68.3 Å². The summed E-state index contributed by atoms with van der Waals surface area (Å²) in [4.78, 5) is 21.5. The largest absolute Gasteiger partial charge is 0.389 e. The van der Waals surface area contributed by atoms with Crippen LogP contribution in [-0.2, 0) is 18.0 Å². The van der Waals surface area contributed by atoms with Crippen molar-refractivity contribution in [1.29, 1.82) is 5.26 Å². The maximum atomic E-state index is 17.3. The predicted octanol–water partition coefficient (Wildman–Crippen LogP) is 3.89. The molecule has 0 aliphatic carbocycles. The van der Waals surface area contributed by atoms with Gasteiger partial charge in [-0.1, -0.05) is 0 Å². The van der Waals surface area contributed by atoms with Gasteiger partial charge in [0, 0.05) is 49.2 Å². The van der Waals surface area contributed by atoms with Gasteiger partial charge in [-0.05, 0) is 50.4 Å². The molecule has 5 aliphatic heterocycles. The van der Waals surface area contributed by atoms with E-state index < -0.39 is 11.6 Å². The summed E-state index contributed by atoms with van der Waals surface area (Å²) in [7, 11) is 2.17. The molecule has 4 aromatic rings. The molecule has 3 aromatic heterocycles. The Morgan fingerprint density at radius 3 is 2.64 bits per heavy atom. The van der Waals surface area contributed by atoms with Crippen molar-refractivity contribution in [2.24, 2.45) is 0 Å². The first-order chi connectivity index (χ1) is 21.4. The molecule has 226 valence electrons. The van der Waals surface area contributed by atoms with Crippen LogP contribution < -0.4 is 20.9 Å². The number of halogens is 2. The number of rotatable bonds is 3. The van der Waals surface area contributed by atoms with Crippen LogP contribution in [0.1, 0.15) is 42.4 Å². The van der Waals surface area contributed by atoms with E-state index in [1.54, 1.807) is 0 Å². The van der Waals surface area contributed by atoms with E-state index in [0.717, 1.165) is 80.9 Å². The van der Waals surface area contributed by atoms with Crippen LogP contribution in [-0.4, -0.2) is 77.2 Å². The second kappa shape index (κ2) is 9.40. The van der Waals surface area contributed by atoms with E-state index in [9.17, 15) is 9.65 Å². The number of thiophene rings is 1. The Morgan fingerprint density at radius 2 is 1.91 bits per heavy atom. The smallest absolute Gasteiger partial charge is 0.228 e. The molecule has 8 heterocycles. The highest BCUT2D eigenvalue weighted by Crippen LogP contribution is 2.48. The molecule has 5 aliphatic rings. The van der Waals surface area contributed by atoms with E-state index in [1.807, 2.05) is 0 Å². The van der Waals surface area contributed by atoms with Gasteiger partial charge in [-0.15, -0.1) is 11.3 Å². The molecule has 1 spiro atoms. The van der Waals surface area contributed by atoms with Gasteiger partial charge in [-0.25, -0.2) is 13.8 Å². The van der Waals surface area contributed by atoms with E-state index in [1.165, 1.54) is 6.42 Å². The molecular weight excluding hydrogens is 584 g/mol. The topological polar surface area (TPSA) is 119 Å². The number of hydrogen-bond donors (Lipinski definition) is 2. The minimum atomic E-state index is -0.597. The first-order valence-electron chi connectivity index (χ1n) is 15.2. The number of likely N-dealkylation sites (N-methyl/N-ethyl adjacent to an activating group) is 1. The van der Waals surface area contributed by atoms with Gasteiger partial charge >= 0.3 is 0 Å². The number of benzene rings is 1. The van der Waals surface area contributed by atoms with Crippen molar-refractivity contribution in [2.45, 2.75) is 56.5 Å². The Balaban J connectivity index is 1.31. The number of piperazine rings is 1. The Kier molecular flexibility index (Phi) is 5.70. The Morgan fingerprint density at radius 1 is 1.14 bits per heavy atom. The average molecular weight is 616 g/mol. The van der Waals surface area contributed by atoms with Crippen LogP contribution in [0.5, 0.6) is 0 Å². The Bertz CT molecular complexity index is 1920. The van der Waals surface area contributed by atoms with Crippen molar-refractivity contribution < 1.29 is 13.5 Å². The number of aromatic nitrogens is 3. The minimum absolute atomic E-state index is 0.104. The van der Waals surface area contributed by atoms with E-state index in [2.05, 4.69) is 38.1 Å². The molecule has 0 radical (unpaired) electrons.